The van der Waals surface area contributed by atoms with Gasteiger partial charge in [-0.2, -0.15) is 5.10 Å². The van der Waals surface area contributed by atoms with Crippen LogP contribution in [-0.2, 0) is 6.42 Å². The lowest BCUT2D eigenvalue weighted by Crippen LogP contribution is -2.37. The van der Waals surface area contributed by atoms with Gasteiger partial charge in [0.25, 0.3) is 0 Å². The molecule has 0 bridgehead atoms. The van der Waals surface area contributed by atoms with E-state index in [0.29, 0.717) is 11.8 Å². The van der Waals surface area contributed by atoms with Crippen molar-refractivity contribution < 1.29 is 0 Å². The van der Waals surface area contributed by atoms with Gasteiger partial charge in [0.05, 0.1) is 6.20 Å². The molecular weight excluding hydrogens is 234 g/mol. The summed E-state index contributed by atoms with van der Waals surface area (Å²) in [7, 11) is 0. The molecule has 0 spiro atoms. The first kappa shape index (κ1) is 14.6. The van der Waals surface area contributed by atoms with E-state index in [2.05, 4.69) is 42.8 Å². The highest BCUT2D eigenvalue weighted by Crippen LogP contribution is 2.29. The third kappa shape index (κ3) is 4.07. The molecule has 1 aromatic rings. The predicted molar refractivity (Wildman–Crippen MR) is 80.4 cm³/mol. The van der Waals surface area contributed by atoms with Crippen LogP contribution in [0, 0.1) is 11.8 Å². The Morgan fingerprint density at radius 3 is 2.79 bits per heavy atom. The molecule has 1 atom stereocenters. The zero-order chi connectivity index (χ0) is 13.8. The minimum atomic E-state index is 0.656. The van der Waals surface area contributed by atoms with Crippen molar-refractivity contribution in [3.05, 3.63) is 17.5 Å². The van der Waals surface area contributed by atoms with Gasteiger partial charge >= 0.3 is 0 Å². The van der Waals surface area contributed by atoms with E-state index in [-0.39, 0.29) is 0 Å². The largest absolute Gasteiger partial charge is 0.302 e. The maximum Gasteiger partial charge on any atom is 0.0522 e. The number of hydrogen-bond donors (Lipinski definition) is 1. The van der Waals surface area contributed by atoms with Crippen molar-refractivity contribution in [3.63, 3.8) is 0 Å². The van der Waals surface area contributed by atoms with Gasteiger partial charge in [0, 0.05) is 24.7 Å². The van der Waals surface area contributed by atoms with Crippen LogP contribution in [0.25, 0.3) is 0 Å². The number of hydrogen-bond acceptors (Lipinski definition) is 2. The first-order valence-corrected chi connectivity index (χ1v) is 7.80. The van der Waals surface area contributed by atoms with Crippen LogP contribution in [0.4, 0.5) is 0 Å². The molecule has 3 heteroatoms. The van der Waals surface area contributed by atoms with Crippen LogP contribution >= 0.6 is 0 Å². The maximum atomic E-state index is 4.29. The normalized spacial score (nSPS) is 21.5. The summed E-state index contributed by atoms with van der Waals surface area (Å²) in [6.45, 7) is 12.9. The van der Waals surface area contributed by atoms with E-state index in [9.17, 15) is 0 Å². The van der Waals surface area contributed by atoms with E-state index in [1.807, 2.05) is 6.20 Å². The van der Waals surface area contributed by atoms with Crippen molar-refractivity contribution in [2.24, 2.45) is 11.8 Å². The lowest BCUT2D eigenvalue weighted by molar-refractivity contribution is 0.186. The quantitative estimate of drug-likeness (QED) is 0.882. The maximum absolute atomic E-state index is 4.29. The fraction of sp³-hybridized carbons (Fsp3) is 0.812. The molecule has 1 aliphatic rings. The Bertz CT molecular complexity index is 381. The smallest absolute Gasteiger partial charge is 0.0522 e. The van der Waals surface area contributed by atoms with E-state index in [1.165, 1.54) is 43.7 Å². The highest BCUT2D eigenvalue weighted by molar-refractivity contribution is 5.22. The lowest BCUT2D eigenvalue weighted by Gasteiger charge is -2.33. The molecule has 1 aromatic heterocycles. The van der Waals surface area contributed by atoms with Crippen LogP contribution < -0.4 is 0 Å². The minimum Gasteiger partial charge on any atom is -0.302 e. The number of rotatable bonds is 5. The Labute approximate surface area is 117 Å². The summed E-state index contributed by atoms with van der Waals surface area (Å²) in [5, 5.41) is 7.57. The Morgan fingerprint density at radius 2 is 2.11 bits per heavy atom. The molecule has 2 rings (SSSR count). The lowest BCUT2D eigenvalue weighted by atomic mass is 9.90. The van der Waals surface area contributed by atoms with Gasteiger partial charge in [-0.25, -0.2) is 0 Å². The summed E-state index contributed by atoms with van der Waals surface area (Å²) in [6, 6.07) is 0. The second kappa shape index (κ2) is 6.56. The number of aromatic nitrogens is 2. The highest BCUT2D eigenvalue weighted by Gasteiger charge is 2.24. The van der Waals surface area contributed by atoms with Crippen molar-refractivity contribution in [2.75, 3.05) is 19.6 Å². The molecule has 1 aliphatic heterocycles. The van der Waals surface area contributed by atoms with Crippen LogP contribution in [-0.4, -0.2) is 34.7 Å². The van der Waals surface area contributed by atoms with Crippen molar-refractivity contribution in [1.29, 1.82) is 0 Å². The van der Waals surface area contributed by atoms with Crippen molar-refractivity contribution >= 4 is 0 Å². The second-order valence-corrected chi connectivity index (χ2v) is 6.90. The third-order valence-corrected chi connectivity index (χ3v) is 3.92. The van der Waals surface area contributed by atoms with Gasteiger partial charge < -0.3 is 4.90 Å². The van der Waals surface area contributed by atoms with E-state index in [1.54, 1.807) is 0 Å². The minimum absolute atomic E-state index is 0.656. The summed E-state index contributed by atoms with van der Waals surface area (Å²) in [6.07, 6.45) is 5.81. The van der Waals surface area contributed by atoms with Crippen LogP contribution in [0.5, 0.6) is 0 Å². The Kier molecular flexibility index (Phi) is 5.03. The number of nitrogens with one attached hydrogen (secondary N) is 1. The van der Waals surface area contributed by atoms with E-state index in [0.717, 1.165) is 12.3 Å². The van der Waals surface area contributed by atoms with Gasteiger partial charge in [-0.1, -0.05) is 27.7 Å². The number of aromatic amines is 1. The van der Waals surface area contributed by atoms with Crippen LogP contribution in [0.3, 0.4) is 0 Å². The second-order valence-electron chi connectivity index (χ2n) is 6.90. The van der Waals surface area contributed by atoms with Crippen molar-refractivity contribution in [1.82, 2.24) is 15.1 Å². The molecular formula is C16H29N3. The average Bonchev–Trinajstić information content (AvgIpc) is 2.75. The van der Waals surface area contributed by atoms with Gasteiger partial charge in [-0.15, -0.1) is 0 Å². The molecule has 1 N–H and O–H groups in total. The van der Waals surface area contributed by atoms with Crippen LogP contribution in [0.15, 0.2) is 6.20 Å². The number of piperidine rings is 1. The molecule has 0 radical (unpaired) electrons. The van der Waals surface area contributed by atoms with Gasteiger partial charge in [0.15, 0.2) is 0 Å². The summed E-state index contributed by atoms with van der Waals surface area (Å²) < 4.78 is 0. The predicted octanol–water partition coefficient (Wildman–Crippen LogP) is 3.44. The first-order chi connectivity index (χ1) is 9.06. The Hall–Kier alpha value is -0.830. The number of H-pyrrole nitrogens is 1. The van der Waals surface area contributed by atoms with Crippen molar-refractivity contribution in [3.8, 4) is 0 Å². The number of nitrogens with zero attached hydrogens (tertiary/aromatic N) is 2. The average molecular weight is 263 g/mol. The van der Waals surface area contributed by atoms with Crippen LogP contribution in [0.2, 0.25) is 0 Å². The van der Waals surface area contributed by atoms with E-state index < -0.39 is 0 Å². The molecule has 3 nitrogen and oxygen atoms in total. The fourth-order valence-corrected chi connectivity index (χ4v) is 3.25. The molecule has 0 amide bonds. The van der Waals surface area contributed by atoms with Gasteiger partial charge in [-0.05, 0) is 43.2 Å². The molecule has 19 heavy (non-hydrogen) atoms. The molecule has 0 aliphatic carbocycles. The monoisotopic (exact) mass is 263 g/mol. The Morgan fingerprint density at radius 1 is 1.32 bits per heavy atom. The molecule has 0 saturated carbocycles. The molecule has 1 saturated heterocycles. The summed E-state index contributed by atoms with van der Waals surface area (Å²) in [5.74, 6) is 2.12. The van der Waals surface area contributed by atoms with Gasteiger partial charge in [0.1, 0.15) is 0 Å². The van der Waals surface area contributed by atoms with Gasteiger partial charge in [-0.3, -0.25) is 5.10 Å². The summed E-state index contributed by atoms with van der Waals surface area (Å²) in [5.41, 5.74) is 2.84. The topological polar surface area (TPSA) is 31.9 Å². The first-order valence-electron chi connectivity index (χ1n) is 7.80. The standard InChI is InChI=1S/C16H29N3/c1-12(2)8-15-9-17-18-16(15)14-6-5-7-19(11-14)10-13(3)4/h9,12-14H,5-8,10-11H2,1-4H3,(H,17,18)/t14-/m0/s1. The molecule has 0 aromatic carbocycles. The third-order valence-electron chi connectivity index (χ3n) is 3.92. The molecule has 2 heterocycles. The molecule has 1 fully saturated rings. The summed E-state index contributed by atoms with van der Waals surface area (Å²) in [4.78, 5) is 2.62. The molecule has 0 unspecified atom stereocenters. The van der Waals surface area contributed by atoms with Crippen molar-refractivity contribution in [2.45, 2.75) is 52.9 Å². The zero-order valence-corrected chi connectivity index (χ0v) is 12.9. The fourth-order valence-electron chi connectivity index (χ4n) is 3.25. The van der Waals surface area contributed by atoms with Crippen LogP contribution in [0.1, 0.15) is 57.7 Å². The van der Waals surface area contributed by atoms with E-state index >= 15 is 0 Å². The number of likely N-dealkylation sites (tertiary alicyclic amines) is 1. The zero-order valence-electron chi connectivity index (χ0n) is 12.9. The summed E-state index contributed by atoms with van der Waals surface area (Å²) >= 11 is 0. The van der Waals surface area contributed by atoms with Gasteiger partial charge in [0.2, 0.25) is 0 Å². The Balaban J connectivity index is 2.02. The molecule has 108 valence electrons. The SMILES string of the molecule is CC(C)Cc1cn[nH]c1[C@H]1CCCN(CC(C)C)C1. The highest BCUT2D eigenvalue weighted by atomic mass is 15.2. The van der Waals surface area contributed by atoms with E-state index in [4.69, 9.17) is 0 Å².